The van der Waals surface area contributed by atoms with Crippen LogP contribution in [0.15, 0.2) is 0 Å². The first kappa shape index (κ1) is 16.8. The quantitative estimate of drug-likeness (QED) is 0.625. The van der Waals surface area contributed by atoms with E-state index in [1.54, 1.807) is 0 Å². The number of hydrogen-bond donors (Lipinski definition) is 2. The molecule has 0 aromatic carbocycles. The molecule has 0 bridgehead atoms. The minimum atomic E-state index is -3.35. The summed E-state index contributed by atoms with van der Waals surface area (Å²) < 4.78 is 33.4. The van der Waals surface area contributed by atoms with Crippen molar-refractivity contribution in [1.29, 1.82) is 0 Å². The molecule has 0 radical (unpaired) electrons. The lowest BCUT2D eigenvalue weighted by molar-refractivity contribution is 0.114. The molecule has 0 aliphatic carbocycles. The number of hydrogen-bond acceptors (Lipinski definition) is 4. The highest BCUT2D eigenvalue weighted by Gasteiger charge is 2.26. The van der Waals surface area contributed by atoms with Gasteiger partial charge in [-0.1, -0.05) is 13.8 Å². The fourth-order valence-electron chi connectivity index (χ4n) is 2.04. The van der Waals surface area contributed by atoms with E-state index in [1.165, 1.54) is 4.31 Å². The second-order valence-corrected chi connectivity index (χ2v) is 7.20. The van der Waals surface area contributed by atoms with Gasteiger partial charge in [0.25, 0.3) is 10.2 Å². The van der Waals surface area contributed by atoms with Crippen LogP contribution in [-0.2, 0) is 14.9 Å². The fourth-order valence-corrected chi connectivity index (χ4v) is 3.25. The second kappa shape index (κ2) is 8.16. The van der Waals surface area contributed by atoms with Crippen molar-refractivity contribution in [3.63, 3.8) is 0 Å². The molecule has 19 heavy (non-hydrogen) atoms. The van der Waals surface area contributed by atoms with Crippen molar-refractivity contribution in [3.8, 4) is 0 Å². The number of nitrogens with zero attached hydrogens (tertiary/aromatic N) is 1. The Bertz CT molecular complexity index is 338. The normalized spacial score (nSPS) is 19.2. The summed E-state index contributed by atoms with van der Waals surface area (Å²) in [7, 11) is -3.35. The van der Waals surface area contributed by atoms with Gasteiger partial charge in [-0.2, -0.15) is 17.4 Å². The summed E-state index contributed by atoms with van der Waals surface area (Å²) in [6, 6.07) is 0. The van der Waals surface area contributed by atoms with Gasteiger partial charge in [0.05, 0.1) is 6.61 Å². The molecule has 1 heterocycles. The molecular weight excluding hydrogens is 266 g/mol. The molecule has 1 aliphatic heterocycles. The fraction of sp³-hybridized carbons (Fsp3) is 1.00. The van der Waals surface area contributed by atoms with Crippen LogP contribution in [-0.4, -0.2) is 52.1 Å². The van der Waals surface area contributed by atoms with Gasteiger partial charge in [-0.25, -0.2) is 0 Å². The van der Waals surface area contributed by atoms with Crippen molar-refractivity contribution in [2.24, 2.45) is 17.6 Å². The third kappa shape index (κ3) is 6.18. The highest BCUT2D eigenvalue weighted by atomic mass is 32.2. The van der Waals surface area contributed by atoms with E-state index in [-0.39, 0.29) is 0 Å². The molecule has 1 rings (SSSR count). The number of piperidine rings is 1. The standard InChI is InChI=1S/C12H27N3O3S/c1-11(2)10-18-8-5-14-19(16,17)15-6-3-12(9-13)4-7-15/h11-12,14H,3-10,13H2,1-2H3. The van der Waals surface area contributed by atoms with E-state index in [1.807, 2.05) is 0 Å². The Kier molecular flexibility index (Phi) is 7.23. The molecule has 0 aromatic heterocycles. The monoisotopic (exact) mass is 293 g/mol. The maximum atomic E-state index is 12.0. The lowest BCUT2D eigenvalue weighted by Gasteiger charge is -2.30. The van der Waals surface area contributed by atoms with Crippen molar-refractivity contribution < 1.29 is 13.2 Å². The minimum Gasteiger partial charge on any atom is -0.380 e. The van der Waals surface area contributed by atoms with E-state index in [0.29, 0.717) is 51.2 Å². The van der Waals surface area contributed by atoms with Gasteiger partial charge in [-0.3, -0.25) is 0 Å². The summed E-state index contributed by atoms with van der Waals surface area (Å²) in [5, 5.41) is 0. The molecule has 0 amide bonds. The van der Waals surface area contributed by atoms with Crippen LogP contribution < -0.4 is 10.5 Å². The van der Waals surface area contributed by atoms with Gasteiger partial charge in [-0.15, -0.1) is 0 Å². The Balaban J connectivity index is 2.24. The van der Waals surface area contributed by atoms with Crippen LogP contribution in [0.4, 0.5) is 0 Å². The Morgan fingerprint density at radius 2 is 2.00 bits per heavy atom. The predicted molar refractivity (Wildman–Crippen MR) is 75.9 cm³/mol. The molecule has 114 valence electrons. The van der Waals surface area contributed by atoms with E-state index in [9.17, 15) is 8.42 Å². The van der Waals surface area contributed by atoms with Gasteiger partial charge in [0.2, 0.25) is 0 Å². The van der Waals surface area contributed by atoms with Crippen LogP contribution >= 0.6 is 0 Å². The molecule has 0 atom stereocenters. The zero-order valence-corrected chi connectivity index (χ0v) is 12.8. The SMILES string of the molecule is CC(C)COCCNS(=O)(=O)N1CCC(CN)CC1. The molecule has 3 N–H and O–H groups in total. The van der Waals surface area contributed by atoms with Gasteiger partial charge < -0.3 is 10.5 Å². The van der Waals surface area contributed by atoms with E-state index < -0.39 is 10.2 Å². The Morgan fingerprint density at radius 3 is 2.53 bits per heavy atom. The van der Waals surface area contributed by atoms with Gasteiger partial charge >= 0.3 is 0 Å². The first-order valence-electron chi connectivity index (χ1n) is 6.98. The number of nitrogens with one attached hydrogen (secondary N) is 1. The molecule has 7 heteroatoms. The summed E-state index contributed by atoms with van der Waals surface area (Å²) >= 11 is 0. The molecule has 0 aromatic rings. The molecule has 0 spiro atoms. The zero-order valence-electron chi connectivity index (χ0n) is 12.0. The third-order valence-corrected chi connectivity index (χ3v) is 4.84. The van der Waals surface area contributed by atoms with Gasteiger partial charge in [0.15, 0.2) is 0 Å². The Hall–Kier alpha value is -0.210. The average molecular weight is 293 g/mol. The van der Waals surface area contributed by atoms with Crippen molar-refractivity contribution in [3.05, 3.63) is 0 Å². The molecule has 1 saturated heterocycles. The molecule has 1 fully saturated rings. The average Bonchev–Trinajstić information content (AvgIpc) is 2.38. The number of ether oxygens (including phenoxy) is 1. The van der Waals surface area contributed by atoms with Crippen LogP contribution in [0.2, 0.25) is 0 Å². The van der Waals surface area contributed by atoms with Crippen molar-refractivity contribution in [2.45, 2.75) is 26.7 Å². The largest absolute Gasteiger partial charge is 0.380 e. The highest BCUT2D eigenvalue weighted by Crippen LogP contribution is 2.17. The molecule has 0 saturated carbocycles. The molecule has 0 unspecified atom stereocenters. The van der Waals surface area contributed by atoms with Crippen LogP contribution in [0.3, 0.4) is 0 Å². The van der Waals surface area contributed by atoms with Crippen molar-refractivity contribution in [1.82, 2.24) is 9.03 Å². The summed E-state index contributed by atoms with van der Waals surface area (Å²) in [6.45, 7) is 7.28. The van der Waals surface area contributed by atoms with Crippen LogP contribution in [0.25, 0.3) is 0 Å². The highest BCUT2D eigenvalue weighted by molar-refractivity contribution is 7.87. The van der Waals surface area contributed by atoms with Crippen LogP contribution in [0, 0.1) is 11.8 Å². The van der Waals surface area contributed by atoms with Gasteiger partial charge in [-0.05, 0) is 31.2 Å². The third-order valence-electron chi connectivity index (χ3n) is 3.23. The first-order chi connectivity index (χ1) is 8.95. The molecule has 1 aliphatic rings. The van der Waals surface area contributed by atoms with Crippen LogP contribution in [0.1, 0.15) is 26.7 Å². The minimum absolute atomic E-state index is 0.325. The maximum Gasteiger partial charge on any atom is 0.279 e. The number of rotatable bonds is 8. The van der Waals surface area contributed by atoms with Gasteiger partial charge in [0.1, 0.15) is 0 Å². The predicted octanol–water partition coefficient (Wildman–Crippen LogP) is 0.164. The van der Waals surface area contributed by atoms with Crippen molar-refractivity contribution >= 4 is 10.2 Å². The van der Waals surface area contributed by atoms with Crippen molar-refractivity contribution in [2.75, 3.05) is 39.4 Å². The number of nitrogens with two attached hydrogens (primary N) is 1. The lowest BCUT2D eigenvalue weighted by atomic mass is 9.99. The second-order valence-electron chi connectivity index (χ2n) is 5.45. The zero-order chi connectivity index (χ0) is 14.3. The van der Waals surface area contributed by atoms with E-state index in [2.05, 4.69) is 18.6 Å². The summed E-state index contributed by atoms with van der Waals surface area (Å²) in [4.78, 5) is 0. The van der Waals surface area contributed by atoms with Gasteiger partial charge in [0, 0.05) is 26.2 Å². The van der Waals surface area contributed by atoms with E-state index in [4.69, 9.17) is 10.5 Å². The topological polar surface area (TPSA) is 84.7 Å². The lowest BCUT2D eigenvalue weighted by Crippen LogP contribution is -2.46. The molecule has 6 nitrogen and oxygen atoms in total. The van der Waals surface area contributed by atoms with E-state index in [0.717, 1.165) is 12.8 Å². The first-order valence-corrected chi connectivity index (χ1v) is 8.42. The van der Waals surface area contributed by atoms with E-state index >= 15 is 0 Å². The summed E-state index contributed by atoms with van der Waals surface area (Å²) in [5.41, 5.74) is 5.60. The smallest absolute Gasteiger partial charge is 0.279 e. The Morgan fingerprint density at radius 1 is 1.37 bits per heavy atom. The summed E-state index contributed by atoms with van der Waals surface area (Å²) in [6.07, 6.45) is 1.70. The maximum absolute atomic E-state index is 12.0. The van der Waals surface area contributed by atoms with Crippen LogP contribution in [0.5, 0.6) is 0 Å². The molecular formula is C12H27N3O3S. The summed E-state index contributed by atoms with van der Waals surface area (Å²) in [5.74, 6) is 0.924. The Labute approximate surface area is 116 Å².